The van der Waals surface area contributed by atoms with E-state index in [1.165, 1.54) is 6.20 Å². The van der Waals surface area contributed by atoms with Crippen LogP contribution < -0.4 is 0 Å². The molecule has 0 aliphatic heterocycles. The van der Waals surface area contributed by atoms with Gasteiger partial charge in [-0.05, 0) is 33.0 Å². The Hall–Kier alpha value is -2.21. The minimum absolute atomic E-state index is 0.205. The molecular formula is C15H20N4O2. The van der Waals surface area contributed by atoms with Crippen molar-refractivity contribution in [2.75, 3.05) is 7.05 Å². The molecule has 0 amide bonds. The summed E-state index contributed by atoms with van der Waals surface area (Å²) in [4.78, 5) is 21.4. The Morgan fingerprint density at radius 3 is 2.67 bits per heavy atom. The predicted molar refractivity (Wildman–Crippen MR) is 79.0 cm³/mol. The smallest absolute Gasteiger partial charge is 0.337 e. The van der Waals surface area contributed by atoms with E-state index in [0.717, 1.165) is 11.5 Å². The largest absolute Gasteiger partial charge is 0.478 e. The summed E-state index contributed by atoms with van der Waals surface area (Å²) < 4.78 is 2.14. The third-order valence-electron chi connectivity index (χ3n) is 3.22. The van der Waals surface area contributed by atoms with Crippen molar-refractivity contribution in [2.24, 2.45) is 0 Å². The van der Waals surface area contributed by atoms with Gasteiger partial charge >= 0.3 is 5.97 Å². The maximum Gasteiger partial charge on any atom is 0.337 e. The van der Waals surface area contributed by atoms with Crippen molar-refractivity contribution < 1.29 is 9.90 Å². The van der Waals surface area contributed by atoms with Gasteiger partial charge in [-0.25, -0.2) is 9.78 Å². The molecule has 0 atom stereocenters. The molecule has 6 nitrogen and oxygen atoms in total. The Labute approximate surface area is 124 Å². The quantitative estimate of drug-likeness (QED) is 0.882. The summed E-state index contributed by atoms with van der Waals surface area (Å²) in [6, 6.07) is 3.70. The Kier molecular flexibility index (Phi) is 4.70. The molecule has 0 bridgehead atoms. The van der Waals surface area contributed by atoms with Crippen molar-refractivity contribution >= 4 is 5.97 Å². The number of rotatable bonds is 6. The van der Waals surface area contributed by atoms with Crippen LogP contribution in [0.2, 0.25) is 0 Å². The van der Waals surface area contributed by atoms with Crippen molar-refractivity contribution in [3.63, 3.8) is 0 Å². The van der Waals surface area contributed by atoms with Crippen LogP contribution in [0.1, 0.15) is 41.8 Å². The second kappa shape index (κ2) is 6.49. The summed E-state index contributed by atoms with van der Waals surface area (Å²) in [5.41, 5.74) is 1.04. The predicted octanol–water partition coefficient (Wildman–Crippen LogP) is 2.19. The zero-order chi connectivity index (χ0) is 15.4. The zero-order valence-electron chi connectivity index (χ0n) is 12.5. The maximum atomic E-state index is 10.8. The van der Waals surface area contributed by atoms with Gasteiger partial charge in [0.25, 0.3) is 0 Å². The van der Waals surface area contributed by atoms with Crippen LogP contribution in [0.25, 0.3) is 0 Å². The molecule has 2 aromatic rings. The molecule has 0 unspecified atom stereocenters. The fourth-order valence-corrected chi connectivity index (χ4v) is 2.15. The summed E-state index contributed by atoms with van der Waals surface area (Å²) in [5, 5.41) is 8.85. The zero-order valence-corrected chi connectivity index (χ0v) is 12.5. The van der Waals surface area contributed by atoms with Crippen molar-refractivity contribution in [1.29, 1.82) is 0 Å². The molecule has 0 saturated heterocycles. The molecule has 0 fully saturated rings. The molecule has 2 rings (SSSR count). The fourth-order valence-electron chi connectivity index (χ4n) is 2.15. The number of aromatic carboxylic acids is 1. The first-order chi connectivity index (χ1) is 9.97. The molecule has 112 valence electrons. The lowest BCUT2D eigenvalue weighted by atomic mass is 10.2. The van der Waals surface area contributed by atoms with E-state index in [9.17, 15) is 4.79 Å². The lowest BCUT2D eigenvalue weighted by molar-refractivity contribution is 0.0696. The lowest BCUT2D eigenvalue weighted by Crippen LogP contribution is -2.21. The minimum atomic E-state index is -0.957. The highest BCUT2D eigenvalue weighted by atomic mass is 16.4. The summed E-state index contributed by atoms with van der Waals surface area (Å²) >= 11 is 0. The fraction of sp³-hybridized carbons (Fsp3) is 0.400. The van der Waals surface area contributed by atoms with E-state index in [2.05, 4.69) is 33.3 Å². The summed E-state index contributed by atoms with van der Waals surface area (Å²) in [6.07, 6.45) is 5.18. The van der Waals surface area contributed by atoms with Crippen LogP contribution in [0, 0.1) is 0 Å². The topological polar surface area (TPSA) is 71.2 Å². The summed E-state index contributed by atoms with van der Waals surface area (Å²) in [7, 11) is 1.99. The van der Waals surface area contributed by atoms with Gasteiger partial charge in [0.1, 0.15) is 5.82 Å². The van der Waals surface area contributed by atoms with Crippen molar-refractivity contribution in [3.05, 3.63) is 47.8 Å². The molecule has 21 heavy (non-hydrogen) atoms. The molecule has 0 aliphatic carbocycles. The third kappa shape index (κ3) is 3.88. The Bertz CT molecular complexity index is 604. The lowest BCUT2D eigenvalue weighted by Gasteiger charge is -2.18. The number of carboxylic acids is 1. The number of carbonyl (C=O) groups is 1. The maximum absolute atomic E-state index is 10.8. The first kappa shape index (κ1) is 15.2. The van der Waals surface area contributed by atoms with Crippen LogP contribution in [-0.2, 0) is 13.1 Å². The number of aromatic nitrogens is 3. The second-order valence-electron chi connectivity index (χ2n) is 5.36. The van der Waals surface area contributed by atoms with Gasteiger partial charge < -0.3 is 9.67 Å². The number of imidazole rings is 1. The summed E-state index contributed by atoms with van der Waals surface area (Å²) in [5.74, 6) is 0.0519. The van der Waals surface area contributed by atoms with Crippen LogP contribution in [0.5, 0.6) is 0 Å². The van der Waals surface area contributed by atoms with Crippen molar-refractivity contribution in [3.8, 4) is 0 Å². The highest BCUT2D eigenvalue weighted by molar-refractivity contribution is 5.87. The van der Waals surface area contributed by atoms with E-state index in [0.29, 0.717) is 19.1 Å². The van der Waals surface area contributed by atoms with Crippen molar-refractivity contribution in [2.45, 2.75) is 33.0 Å². The molecule has 0 spiro atoms. The molecule has 0 aliphatic rings. The molecule has 2 aromatic heterocycles. The standard InChI is InChI=1S/C15H20N4O2/c1-11(2)19-7-6-16-14(19)10-18(3)9-13-5-4-12(8-17-13)15(20)21/h4-8,11H,9-10H2,1-3H3,(H,20,21). The molecule has 6 heteroatoms. The first-order valence-electron chi connectivity index (χ1n) is 6.86. The highest BCUT2D eigenvalue weighted by Crippen LogP contribution is 2.11. The van der Waals surface area contributed by atoms with E-state index < -0.39 is 5.97 Å². The number of carboxylic acid groups (broad SMARTS) is 1. The first-order valence-corrected chi connectivity index (χ1v) is 6.86. The monoisotopic (exact) mass is 288 g/mol. The SMILES string of the molecule is CC(C)n1ccnc1CN(C)Cc1ccc(C(=O)O)cn1. The third-order valence-corrected chi connectivity index (χ3v) is 3.22. The normalized spacial score (nSPS) is 11.3. The van der Waals surface area contributed by atoms with Gasteiger partial charge in [-0.1, -0.05) is 0 Å². The Balaban J connectivity index is 1.99. The van der Waals surface area contributed by atoms with E-state index in [4.69, 9.17) is 5.11 Å². The van der Waals surface area contributed by atoms with Crippen LogP contribution in [0.15, 0.2) is 30.7 Å². The molecule has 0 radical (unpaired) electrons. The number of hydrogen-bond donors (Lipinski definition) is 1. The average molecular weight is 288 g/mol. The number of nitrogens with zero attached hydrogens (tertiary/aromatic N) is 4. The Morgan fingerprint density at radius 2 is 2.10 bits per heavy atom. The van der Waals surface area contributed by atoms with Gasteiger partial charge in [0.05, 0.1) is 17.8 Å². The summed E-state index contributed by atoms with van der Waals surface area (Å²) in [6.45, 7) is 5.60. The van der Waals surface area contributed by atoms with E-state index in [-0.39, 0.29) is 5.56 Å². The van der Waals surface area contributed by atoms with Gasteiger partial charge in [-0.3, -0.25) is 9.88 Å². The number of hydrogen-bond acceptors (Lipinski definition) is 4. The number of pyridine rings is 1. The van der Waals surface area contributed by atoms with Crippen LogP contribution in [-0.4, -0.2) is 37.6 Å². The van der Waals surface area contributed by atoms with Gasteiger partial charge in [0.15, 0.2) is 0 Å². The minimum Gasteiger partial charge on any atom is -0.478 e. The molecular weight excluding hydrogens is 268 g/mol. The Morgan fingerprint density at radius 1 is 1.33 bits per heavy atom. The van der Waals surface area contributed by atoms with E-state index in [1.54, 1.807) is 12.1 Å². The molecule has 2 heterocycles. The van der Waals surface area contributed by atoms with Gasteiger partial charge in [0, 0.05) is 31.2 Å². The van der Waals surface area contributed by atoms with Gasteiger partial charge in [-0.15, -0.1) is 0 Å². The van der Waals surface area contributed by atoms with Crippen molar-refractivity contribution in [1.82, 2.24) is 19.4 Å². The van der Waals surface area contributed by atoms with Crippen LogP contribution >= 0.6 is 0 Å². The molecule has 0 saturated carbocycles. The van der Waals surface area contributed by atoms with Gasteiger partial charge in [-0.2, -0.15) is 0 Å². The highest BCUT2D eigenvalue weighted by Gasteiger charge is 2.10. The van der Waals surface area contributed by atoms with Crippen LogP contribution in [0.3, 0.4) is 0 Å². The van der Waals surface area contributed by atoms with E-state index >= 15 is 0 Å². The molecule has 0 aromatic carbocycles. The second-order valence-corrected chi connectivity index (χ2v) is 5.36. The van der Waals surface area contributed by atoms with Gasteiger partial charge in [0.2, 0.25) is 0 Å². The van der Waals surface area contributed by atoms with Crippen LogP contribution in [0.4, 0.5) is 0 Å². The molecule has 1 N–H and O–H groups in total. The van der Waals surface area contributed by atoms with E-state index in [1.807, 2.05) is 19.4 Å². The average Bonchev–Trinajstić information content (AvgIpc) is 2.87.